The van der Waals surface area contributed by atoms with E-state index in [0.29, 0.717) is 0 Å². The molecule has 0 fully saturated rings. The predicted molar refractivity (Wildman–Crippen MR) is 129 cm³/mol. The molecule has 0 saturated heterocycles. The maximum Gasteiger partial charge on any atom is 0.219 e. The third kappa shape index (κ3) is 3.84. The Kier molecular flexibility index (Phi) is 5.04. The Morgan fingerprint density at radius 3 is 1.52 bits per heavy atom. The molecular weight excluding hydrogens is 376 g/mol. The summed E-state index contributed by atoms with van der Waals surface area (Å²) in [6.07, 6.45) is 2.24. The molecule has 0 aliphatic heterocycles. The summed E-state index contributed by atoms with van der Waals surface area (Å²) in [5.74, 6) is 0. The first-order chi connectivity index (χ1) is 15.3. The molecular formula is C29H23N2+. The molecule has 148 valence electrons. The summed E-state index contributed by atoms with van der Waals surface area (Å²) in [7, 11) is 0. The maximum atomic E-state index is 5.97. The van der Waals surface area contributed by atoms with Crippen LogP contribution in [0.3, 0.4) is 0 Å². The second-order valence-electron chi connectivity index (χ2n) is 7.55. The minimum Gasteiger partial charge on any atom is -0.399 e. The van der Waals surface area contributed by atoms with Crippen molar-refractivity contribution in [1.82, 2.24) is 0 Å². The van der Waals surface area contributed by atoms with Gasteiger partial charge in [-0.1, -0.05) is 78.9 Å². The number of hydrogen-bond donors (Lipinski definition) is 1. The molecule has 0 aliphatic carbocycles. The van der Waals surface area contributed by atoms with Crippen molar-refractivity contribution in [3.63, 3.8) is 0 Å². The number of nitrogen functional groups attached to an aromatic ring is 1. The van der Waals surface area contributed by atoms with E-state index in [1.165, 1.54) is 22.3 Å². The topological polar surface area (TPSA) is 29.9 Å². The Morgan fingerprint density at radius 2 is 0.968 bits per heavy atom. The van der Waals surface area contributed by atoms with Gasteiger partial charge in [-0.25, -0.2) is 0 Å². The first kappa shape index (κ1) is 18.8. The molecule has 5 aromatic rings. The summed E-state index contributed by atoms with van der Waals surface area (Å²) in [5, 5.41) is 0. The molecule has 1 heterocycles. The highest BCUT2D eigenvalue weighted by Gasteiger charge is 2.22. The van der Waals surface area contributed by atoms with Crippen LogP contribution in [0.15, 0.2) is 128 Å². The SMILES string of the molecule is Nc1ccc(-[n+]2cc(-c3ccccc3)c(-c3ccccc3)cc2-c2ccccc2)cc1. The molecule has 0 radical (unpaired) electrons. The van der Waals surface area contributed by atoms with E-state index < -0.39 is 0 Å². The number of anilines is 1. The fourth-order valence-corrected chi connectivity index (χ4v) is 3.94. The van der Waals surface area contributed by atoms with E-state index in [1.54, 1.807) is 0 Å². The van der Waals surface area contributed by atoms with Crippen LogP contribution in [0.1, 0.15) is 0 Å². The third-order valence-electron chi connectivity index (χ3n) is 5.50. The summed E-state index contributed by atoms with van der Waals surface area (Å²) >= 11 is 0. The van der Waals surface area contributed by atoms with E-state index in [-0.39, 0.29) is 0 Å². The molecule has 2 heteroatoms. The molecule has 0 aliphatic rings. The van der Waals surface area contributed by atoms with Gasteiger partial charge in [-0.15, -0.1) is 0 Å². The van der Waals surface area contributed by atoms with Crippen LogP contribution in [-0.4, -0.2) is 0 Å². The van der Waals surface area contributed by atoms with Crippen LogP contribution >= 0.6 is 0 Å². The van der Waals surface area contributed by atoms with Gasteiger partial charge >= 0.3 is 0 Å². The summed E-state index contributed by atoms with van der Waals surface area (Å²) in [5.41, 5.74) is 14.9. The molecule has 2 N–H and O–H groups in total. The van der Waals surface area contributed by atoms with Crippen LogP contribution in [0.5, 0.6) is 0 Å². The van der Waals surface area contributed by atoms with Crippen molar-refractivity contribution in [2.24, 2.45) is 0 Å². The molecule has 0 saturated carbocycles. The van der Waals surface area contributed by atoms with Gasteiger partial charge < -0.3 is 5.73 Å². The van der Waals surface area contributed by atoms with E-state index in [2.05, 4.69) is 114 Å². The van der Waals surface area contributed by atoms with E-state index in [9.17, 15) is 0 Å². The second-order valence-corrected chi connectivity index (χ2v) is 7.55. The molecule has 4 aromatic carbocycles. The van der Waals surface area contributed by atoms with Crippen molar-refractivity contribution in [3.8, 4) is 39.2 Å². The van der Waals surface area contributed by atoms with E-state index >= 15 is 0 Å². The zero-order valence-corrected chi connectivity index (χ0v) is 17.1. The average molecular weight is 400 g/mol. The lowest BCUT2D eigenvalue weighted by atomic mass is 9.94. The minimum absolute atomic E-state index is 0.759. The van der Waals surface area contributed by atoms with E-state index in [4.69, 9.17) is 5.73 Å². The van der Waals surface area contributed by atoms with Gasteiger partial charge in [0, 0.05) is 35.0 Å². The second kappa shape index (κ2) is 8.29. The Labute approximate surface area is 182 Å². The van der Waals surface area contributed by atoms with Gasteiger partial charge in [0.05, 0.1) is 5.56 Å². The van der Waals surface area contributed by atoms with E-state index in [0.717, 1.165) is 22.6 Å². The summed E-state index contributed by atoms with van der Waals surface area (Å²) in [4.78, 5) is 0. The van der Waals surface area contributed by atoms with Crippen molar-refractivity contribution in [2.45, 2.75) is 0 Å². The molecule has 5 rings (SSSR count). The molecule has 31 heavy (non-hydrogen) atoms. The summed E-state index contributed by atoms with van der Waals surface area (Å²) < 4.78 is 2.25. The lowest BCUT2D eigenvalue weighted by Gasteiger charge is -2.13. The van der Waals surface area contributed by atoms with Crippen LogP contribution in [0, 0.1) is 0 Å². The van der Waals surface area contributed by atoms with Gasteiger partial charge in [0.25, 0.3) is 0 Å². The monoisotopic (exact) mass is 399 g/mol. The van der Waals surface area contributed by atoms with Crippen molar-refractivity contribution in [3.05, 3.63) is 128 Å². The first-order valence-corrected chi connectivity index (χ1v) is 10.4. The number of nitrogens with zero attached hydrogens (tertiary/aromatic N) is 1. The molecule has 0 atom stereocenters. The Bertz CT molecular complexity index is 1290. The zero-order valence-electron chi connectivity index (χ0n) is 17.1. The van der Waals surface area contributed by atoms with Gasteiger partial charge in [-0.2, -0.15) is 4.57 Å². The van der Waals surface area contributed by atoms with E-state index in [1.807, 2.05) is 18.2 Å². The molecule has 1 aromatic heterocycles. The fourth-order valence-electron chi connectivity index (χ4n) is 3.94. The van der Waals surface area contributed by atoms with Crippen LogP contribution in [0.2, 0.25) is 0 Å². The summed E-state index contributed by atoms with van der Waals surface area (Å²) in [6.45, 7) is 0. The zero-order chi connectivity index (χ0) is 21.0. The minimum atomic E-state index is 0.759. The van der Waals surface area contributed by atoms with Gasteiger partial charge in [0.15, 0.2) is 6.20 Å². The molecule has 0 unspecified atom stereocenters. The van der Waals surface area contributed by atoms with Gasteiger partial charge in [-0.05, 0) is 35.4 Å². The lowest BCUT2D eigenvalue weighted by molar-refractivity contribution is -0.583. The van der Waals surface area contributed by atoms with Crippen LogP contribution < -0.4 is 10.3 Å². The maximum absolute atomic E-state index is 5.97. The Morgan fingerprint density at radius 1 is 0.484 bits per heavy atom. The largest absolute Gasteiger partial charge is 0.399 e. The number of rotatable bonds is 4. The standard InChI is InChI=1S/C29H23N2/c30-25-16-18-26(19-17-25)31-21-28(23-12-6-2-7-13-23)27(22-10-4-1-5-11-22)20-29(31)24-14-8-3-9-15-24/h1-21H,30H2/q+1. The smallest absolute Gasteiger partial charge is 0.219 e. The van der Waals surface area contributed by atoms with Crippen LogP contribution in [0.25, 0.3) is 39.2 Å². The van der Waals surface area contributed by atoms with Crippen molar-refractivity contribution in [1.29, 1.82) is 0 Å². The Hall–Kier alpha value is -4.17. The highest BCUT2D eigenvalue weighted by Crippen LogP contribution is 2.34. The molecule has 0 spiro atoms. The predicted octanol–water partition coefficient (Wildman–Crippen LogP) is 6.55. The lowest BCUT2D eigenvalue weighted by Crippen LogP contribution is -2.33. The van der Waals surface area contributed by atoms with Gasteiger partial charge in [0.1, 0.15) is 0 Å². The number of nitrogens with two attached hydrogens (primary N) is 1. The quantitative estimate of drug-likeness (QED) is 0.270. The first-order valence-electron chi connectivity index (χ1n) is 10.4. The Balaban J connectivity index is 1.84. The molecule has 2 nitrogen and oxygen atoms in total. The van der Waals surface area contributed by atoms with Gasteiger partial charge in [0.2, 0.25) is 11.4 Å². The van der Waals surface area contributed by atoms with Crippen molar-refractivity contribution < 1.29 is 4.57 Å². The molecule has 0 amide bonds. The van der Waals surface area contributed by atoms with Crippen LogP contribution in [-0.2, 0) is 0 Å². The molecule has 0 bridgehead atoms. The van der Waals surface area contributed by atoms with Crippen molar-refractivity contribution in [2.75, 3.05) is 5.73 Å². The van der Waals surface area contributed by atoms with Crippen molar-refractivity contribution >= 4 is 5.69 Å². The number of pyridine rings is 1. The summed E-state index contributed by atoms with van der Waals surface area (Å²) in [6, 6.07) is 42.0. The number of benzene rings is 4. The number of hydrogen-bond acceptors (Lipinski definition) is 1. The third-order valence-corrected chi connectivity index (χ3v) is 5.50. The highest BCUT2D eigenvalue weighted by molar-refractivity contribution is 5.84. The highest BCUT2D eigenvalue weighted by atomic mass is 15.0. The normalized spacial score (nSPS) is 10.7. The van der Waals surface area contributed by atoms with Crippen LogP contribution in [0.4, 0.5) is 5.69 Å². The number of aromatic nitrogens is 1. The fraction of sp³-hybridized carbons (Fsp3) is 0. The van der Waals surface area contributed by atoms with Gasteiger partial charge in [-0.3, -0.25) is 0 Å². The average Bonchev–Trinajstić information content (AvgIpc) is 2.85.